The summed E-state index contributed by atoms with van der Waals surface area (Å²) < 4.78 is 0. The molecule has 1 saturated heterocycles. The van der Waals surface area contributed by atoms with Gasteiger partial charge in [0.2, 0.25) is 5.91 Å². The number of hydrogen-bond donors (Lipinski definition) is 1. The fraction of sp³-hybridized carbons (Fsp3) is 0.818. The van der Waals surface area contributed by atoms with Crippen molar-refractivity contribution in [2.75, 3.05) is 12.8 Å². The molecule has 0 bridgehead atoms. The minimum absolute atomic E-state index is 0.0212. The van der Waals surface area contributed by atoms with Gasteiger partial charge in [-0.05, 0) is 32.4 Å². The van der Waals surface area contributed by atoms with Gasteiger partial charge in [0.05, 0.1) is 11.7 Å². The van der Waals surface area contributed by atoms with Crippen LogP contribution in [0.25, 0.3) is 0 Å². The first kappa shape index (κ1) is 13.4. The molecule has 1 aliphatic heterocycles. The molecule has 1 atom stereocenters. The smallest absolute Gasteiger partial charge is 0.305 e. The van der Waals surface area contributed by atoms with Gasteiger partial charge in [0.1, 0.15) is 0 Å². The van der Waals surface area contributed by atoms with Crippen molar-refractivity contribution in [2.24, 2.45) is 0 Å². The number of carbonyl (C=O) groups is 2. The highest BCUT2D eigenvalue weighted by Gasteiger charge is 2.35. The number of carbonyl (C=O) groups excluding carboxylic acids is 1. The maximum atomic E-state index is 12.1. The second-order valence-electron chi connectivity index (χ2n) is 4.78. The molecule has 5 heteroatoms. The minimum Gasteiger partial charge on any atom is -0.481 e. The first-order valence-electron chi connectivity index (χ1n) is 5.45. The van der Waals surface area contributed by atoms with Crippen molar-refractivity contribution in [1.82, 2.24) is 4.90 Å². The van der Waals surface area contributed by atoms with E-state index in [1.54, 1.807) is 37.6 Å². The van der Waals surface area contributed by atoms with Crippen molar-refractivity contribution < 1.29 is 14.7 Å². The van der Waals surface area contributed by atoms with E-state index in [4.69, 9.17) is 5.11 Å². The van der Waals surface area contributed by atoms with Crippen molar-refractivity contribution >= 4 is 23.6 Å². The third kappa shape index (κ3) is 3.14. The van der Waals surface area contributed by atoms with E-state index >= 15 is 0 Å². The highest BCUT2D eigenvalue weighted by molar-refractivity contribution is 8.00. The lowest BCUT2D eigenvalue weighted by Gasteiger charge is -2.35. The van der Waals surface area contributed by atoms with Crippen LogP contribution in [0.5, 0.6) is 0 Å². The third-order valence-corrected chi connectivity index (χ3v) is 4.39. The zero-order valence-corrected chi connectivity index (χ0v) is 10.8. The minimum atomic E-state index is -0.872. The monoisotopic (exact) mass is 245 g/mol. The Hall–Kier alpha value is -0.710. The molecular formula is C11H19NO3S. The second kappa shape index (κ2) is 5.08. The van der Waals surface area contributed by atoms with E-state index in [2.05, 4.69) is 0 Å². The molecule has 0 aromatic rings. The molecule has 1 heterocycles. The molecule has 16 heavy (non-hydrogen) atoms. The first-order chi connectivity index (χ1) is 7.34. The van der Waals surface area contributed by atoms with E-state index in [1.807, 2.05) is 0 Å². The average Bonchev–Trinajstić information content (AvgIpc) is 2.66. The Balaban J connectivity index is 2.64. The summed E-state index contributed by atoms with van der Waals surface area (Å²) in [6.45, 7) is 3.58. The summed E-state index contributed by atoms with van der Waals surface area (Å²) in [5, 5.41) is 8.83. The molecule has 4 nitrogen and oxygen atoms in total. The van der Waals surface area contributed by atoms with Gasteiger partial charge >= 0.3 is 5.97 Å². The molecule has 0 spiro atoms. The van der Waals surface area contributed by atoms with Crippen LogP contribution in [0.15, 0.2) is 0 Å². The molecule has 1 N–H and O–H groups in total. The number of aliphatic carboxylic acids is 1. The summed E-state index contributed by atoms with van der Waals surface area (Å²) in [7, 11) is 1.70. The normalized spacial score (nSPS) is 20.8. The summed E-state index contributed by atoms with van der Waals surface area (Å²) >= 11 is 1.68. The van der Waals surface area contributed by atoms with Crippen molar-refractivity contribution in [2.45, 2.75) is 43.9 Å². The number of rotatable bonds is 4. The molecule has 1 unspecified atom stereocenters. The van der Waals surface area contributed by atoms with Crippen molar-refractivity contribution in [3.8, 4) is 0 Å². The summed E-state index contributed by atoms with van der Waals surface area (Å²) in [6.07, 6.45) is 1.97. The van der Waals surface area contributed by atoms with Crippen LogP contribution in [-0.4, -0.2) is 45.5 Å². The first-order valence-corrected chi connectivity index (χ1v) is 6.50. The predicted octanol–water partition coefficient (Wildman–Crippen LogP) is 1.59. The molecule has 0 aliphatic carbocycles. The number of carboxylic acids is 1. The Labute approximate surface area is 100 Å². The average molecular weight is 245 g/mol. The summed E-state index contributed by atoms with van der Waals surface area (Å²) in [5.41, 5.74) is -0.619. The molecule has 0 radical (unpaired) electrons. The number of thioether (sulfide) groups is 1. The fourth-order valence-electron chi connectivity index (χ4n) is 1.78. The molecule has 0 saturated carbocycles. The van der Waals surface area contributed by atoms with Crippen LogP contribution in [0.3, 0.4) is 0 Å². The lowest BCUT2D eigenvalue weighted by molar-refractivity contribution is -0.142. The van der Waals surface area contributed by atoms with Gasteiger partial charge in [-0.2, -0.15) is 0 Å². The Kier molecular flexibility index (Phi) is 4.24. The molecule has 1 aliphatic rings. The van der Waals surface area contributed by atoms with Gasteiger partial charge in [0.15, 0.2) is 0 Å². The Morgan fingerprint density at radius 2 is 2.12 bits per heavy atom. The maximum absolute atomic E-state index is 12.1. The summed E-state index contributed by atoms with van der Waals surface area (Å²) in [6, 6.07) is 0. The van der Waals surface area contributed by atoms with E-state index in [-0.39, 0.29) is 17.6 Å². The van der Waals surface area contributed by atoms with Crippen LogP contribution in [0.1, 0.15) is 33.1 Å². The van der Waals surface area contributed by atoms with Crippen molar-refractivity contribution in [3.63, 3.8) is 0 Å². The summed E-state index contributed by atoms with van der Waals surface area (Å²) in [4.78, 5) is 24.4. The lowest BCUT2D eigenvalue weighted by atomic mass is 9.98. The van der Waals surface area contributed by atoms with Crippen LogP contribution < -0.4 is 0 Å². The van der Waals surface area contributed by atoms with E-state index < -0.39 is 11.5 Å². The zero-order chi connectivity index (χ0) is 12.3. The van der Waals surface area contributed by atoms with Crippen LogP contribution in [-0.2, 0) is 9.59 Å². The van der Waals surface area contributed by atoms with Gasteiger partial charge in [-0.3, -0.25) is 9.59 Å². The topological polar surface area (TPSA) is 57.6 Å². The van der Waals surface area contributed by atoms with Crippen LogP contribution in [0.4, 0.5) is 0 Å². The van der Waals surface area contributed by atoms with E-state index in [9.17, 15) is 9.59 Å². The Morgan fingerprint density at radius 3 is 2.56 bits per heavy atom. The maximum Gasteiger partial charge on any atom is 0.305 e. The SMILES string of the molecule is CN(C(=O)C1CCCS1)C(C)(C)CC(=O)O. The number of nitrogens with zero attached hydrogens (tertiary/aromatic N) is 1. The van der Waals surface area contributed by atoms with Crippen LogP contribution in [0, 0.1) is 0 Å². The van der Waals surface area contributed by atoms with Crippen LogP contribution in [0.2, 0.25) is 0 Å². The van der Waals surface area contributed by atoms with Gasteiger partial charge < -0.3 is 10.0 Å². The van der Waals surface area contributed by atoms with Gasteiger partial charge in [0, 0.05) is 12.6 Å². The van der Waals surface area contributed by atoms with Crippen molar-refractivity contribution in [1.29, 1.82) is 0 Å². The summed E-state index contributed by atoms with van der Waals surface area (Å²) in [5.74, 6) is 0.223. The predicted molar refractivity (Wildman–Crippen MR) is 64.6 cm³/mol. The van der Waals surface area contributed by atoms with Crippen molar-refractivity contribution in [3.05, 3.63) is 0 Å². The standard InChI is InChI=1S/C11H19NO3S/c1-11(2,7-9(13)14)12(3)10(15)8-5-4-6-16-8/h8H,4-7H2,1-3H3,(H,13,14). The molecule has 1 rings (SSSR count). The van der Waals surface area contributed by atoms with Gasteiger partial charge in [-0.25, -0.2) is 0 Å². The highest BCUT2D eigenvalue weighted by Crippen LogP contribution is 2.30. The van der Waals surface area contributed by atoms with Crippen LogP contribution >= 0.6 is 11.8 Å². The zero-order valence-electron chi connectivity index (χ0n) is 10.0. The molecule has 0 aromatic carbocycles. The number of amides is 1. The Morgan fingerprint density at radius 1 is 1.50 bits per heavy atom. The number of carboxylic acid groups (broad SMARTS) is 1. The largest absolute Gasteiger partial charge is 0.481 e. The van der Waals surface area contributed by atoms with Gasteiger partial charge in [-0.1, -0.05) is 0 Å². The third-order valence-electron chi connectivity index (χ3n) is 3.03. The molecule has 92 valence electrons. The molecule has 0 aromatic heterocycles. The number of hydrogen-bond acceptors (Lipinski definition) is 3. The van der Waals surface area contributed by atoms with E-state index in [1.165, 1.54) is 0 Å². The molecule has 1 fully saturated rings. The lowest BCUT2D eigenvalue weighted by Crippen LogP contribution is -2.49. The Bertz CT molecular complexity index is 285. The van der Waals surface area contributed by atoms with E-state index in [0.717, 1.165) is 18.6 Å². The fourth-order valence-corrected chi connectivity index (χ4v) is 3.03. The highest BCUT2D eigenvalue weighted by atomic mass is 32.2. The molecule has 1 amide bonds. The quantitative estimate of drug-likeness (QED) is 0.817. The van der Waals surface area contributed by atoms with Gasteiger partial charge in [-0.15, -0.1) is 11.8 Å². The van der Waals surface area contributed by atoms with E-state index in [0.29, 0.717) is 0 Å². The molecular weight excluding hydrogens is 226 g/mol. The second-order valence-corrected chi connectivity index (χ2v) is 6.09. The van der Waals surface area contributed by atoms with Gasteiger partial charge in [0.25, 0.3) is 0 Å².